The van der Waals surface area contributed by atoms with Crippen molar-refractivity contribution in [2.45, 2.75) is 32.8 Å². The molecule has 1 atom stereocenters. The Morgan fingerprint density at radius 3 is 2.93 bits per heavy atom. The molecule has 0 aliphatic rings. The first-order chi connectivity index (χ1) is 7.11. The van der Waals surface area contributed by atoms with Crippen LogP contribution in [0.5, 0.6) is 0 Å². The minimum atomic E-state index is -0.313. The summed E-state index contributed by atoms with van der Waals surface area (Å²) >= 11 is 0. The van der Waals surface area contributed by atoms with E-state index in [9.17, 15) is 4.79 Å². The van der Waals surface area contributed by atoms with E-state index in [0.29, 0.717) is 18.7 Å². The topological polar surface area (TPSA) is 62.5 Å². The summed E-state index contributed by atoms with van der Waals surface area (Å²) in [5.41, 5.74) is 0.836. The van der Waals surface area contributed by atoms with Gasteiger partial charge in [0.15, 0.2) is 5.76 Å². The van der Waals surface area contributed by atoms with Gasteiger partial charge in [0.05, 0.1) is 12.4 Å². The van der Waals surface area contributed by atoms with Crippen LogP contribution >= 0.6 is 0 Å². The standard InChI is InChI=1S/C11H17NO3/c1-8-5-7-15-10(8)11(14)12-6-3-4-9(2)13/h5,7,9,13H,3-4,6H2,1-2H3,(H,12,14). The van der Waals surface area contributed by atoms with Crippen molar-refractivity contribution in [2.24, 2.45) is 0 Å². The monoisotopic (exact) mass is 211 g/mol. The summed E-state index contributed by atoms with van der Waals surface area (Å²) in [5.74, 6) is 0.176. The van der Waals surface area contributed by atoms with Gasteiger partial charge in [0, 0.05) is 12.1 Å². The Kier molecular flexibility index (Phi) is 4.37. The largest absolute Gasteiger partial charge is 0.459 e. The van der Waals surface area contributed by atoms with Crippen LogP contribution in [-0.2, 0) is 0 Å². The van der Waals surface area contributed by atoms with Crippen molar-refractivity contribution < 1.29 is 14.3 Å². The number of aliphatic hydroxyl groups is 1. The van der Waals surface area contributed by atoms with Crippen molar-refractivity contribution in [3.8, 4) is 0 Å². The van der Waals surface area contributed by atoms with E-state index >= 15 is 0 Å². The third-order valence-corrected chi connectivity index (χ3v) is 2.15. The molecule has 2 N–H and O–H groups in total. The van der Waals surface area contributed by atoms with E-state index in [0.717, 1.165) is 12.0 Å². The SMILES string of the molecule is Cc1ccoc1C(=O)NCCCC(C)O. The Bertz CT molecular complexity index is 317. The normalized spacial score (nSPS) is 12.5. The van der Waals surface area contributed by atoms with Crippen LogP contribution in [0.25, 0.3) is 0 Å². The molecule has 0 aromatic carbocycles. The van der Waals surface area contributed by atoms with Gasteiger partial charge in [-0.05, 0) is 32.8 Å². The molecule has 4 heteroatoms. The van der Waals surface area contributed by atoms with Crippen LogP contribution in [0.3, 0.4) is 0 Å². The molecule has 1 aromatic rings. The van der Waals surface area contributed by atoms with Crippen molar-refractivity contribution in [3.05, 3.63) is 23.7 Å². The summed E-state index contributed by atoms with van der Waals surface area (Å²) in [6, 6.07) is 1.75. The smallest absolute Gasteiger partial charge is 0.287 e. The highest BCUT2D eigenvalue weighted by Gasteiger charge is 2.11. The summed E-state index contributed by atoms with van der Waals surface area (Å²) < 4.78 is 5.04. The molecule has 0 fully saturated rings. The molecule has 0 saturated carbocycles. The lowest BCUT2D eigenvalue weighted by Gasteiger charge is -2.05. The van der Waals surface area contributed by atoms with Gasteiger partial charge in [-0.2, -0.15) is 0 Å². The van der Waals surface area contributed by atoms with Crippen LogP contribution in [-0.4, -0.2) is 23.7 Å². The zero-order valence-electron chi connectivity index (χ0n) is 9.12. The molecule has 4 nitrogen and oxygen atoms in total. The third-order valence-electron chi connectivity index (χ3n) is 2.15. The number of hydrogen-bond acceptors (Lipinski definition) is 3. The average Bonchev–Trinajstić information content (AvgIpc) is 2.58. The first-order valence-corrected chi connectivity index (χ1v) is 5.11. The maximum absolute atomic E-state index is 11.5. The van der Waals surface area contributed by atoms with E-state index in [4.69, 9.17) is 9.52 Å². The van der Waals surface area contributed by atoms with Crippen LogP contribution < -0.4 is 5.32 Å². The number of nitrogens with one attached hydrogen (secondary N) is 1. The maximum Gasteiger partial charge on any atom is 0.287 e. The van der Waals surface area contributed by atoms with Crippen LogP contribution in [0.1, 0.15) is 35.9 Å². The molecule has 1 unspecified atom stereocenters. The maximum atomic E-state index is 11.5. The van der Waals surface area contributed by atoms with Gasteiger partial charge in [-0.1, -0.05) is 0 Å². The second kappa shape index (κ2) is 5.56. The van der Waals surface area contributed by atoms with Crippen LogP contribution in [0.2, 0.25) is 0 Å². The van der Waals surface area contributed by atoms with Gasteiger partial charge in [0.1, 0.15) is 0 Å². The first kappa shape index (κ1) is 11.8. The third kappa shape index (κ3) is 3.75. The molecule has 0 radical (unpaired) electrons. The Balaban J connectivity index is 2.28. The fourth-order valence-electron chi connectivity index (χ4n) is 1.29. The molecule has 0 bridgehead atoms. The molecule has 15 heavy (non-hydrogen) atoms. The molecule has 0 saturated heterocycles. The van der Waals surface area contributed by atoms with Gasteiger partial charge in [-0.3, -0.25) is 4.79 Å². The van der Waals surface area contributed by atoms with E-state index in [1.54, 1.807) is 13.0 Å². The molecule has 0 spiro atoms. The highest BCUT2D eigenvalue weighted by molar-refractivity contribution is 5.92. The van der Waals surface area contributed by atoms with E-state index < -0.39 is 0 Å². The van der Waals surface area contributed by atoms with Crippen molar-refractivity contribution in [3.63, 3.8) is 0 Å². The number of carbonyl (C=O) groups is 1. The minimum Gasteiger partial charge on any atom is -0.459 e. The summed E-state index contributed by atoms with van der Waals surface area (Å²) in [5, 5.41) is 11.8. The highest BCUT2D eigenvalue weighted by Crippen LogP contribution is 2.08. The van der Waals surface area contributed by atoms with E-state index in [1.807, 2.05) is 6.92 Å². The molecule has 0 aliphatic carbocycles. The number of aryl methyl sites for hydroxylation is 1. The van der Waals surface area contributed by atoms with Crippen molar-refractivity contribution in [2.75, 3.05) is 6.54 Å². The van der Waals surface area contributed by atoms with Gasteiger partial charge in [0.25, 0.3) is 5.91 Å². The van der Waals surface area contributed by atoms with E-state index in [2.05, 4.69) is 5.32 Å². The lowest BCUT2D eigenvalue weighted by atomic mass is 10.2. The number of amides is 1. The van der Waals surface area contributed by atoms with Gasteiger partial charge in [-0.25, -0.2) is 0 Å². The van der Waals surface area contributed by atoms with Crippen molar-refractivity contribution in [1.29, 1.82) is 0 Å². The molecular weight excluding hydrogens is 194 g/mol. The highest BCUT2D eigenvalue weighted by atomic mass is 16.3. The number of hydrogen-bond donors (Lipinski definition) is 2. The summed E-state index contributed by atoms with van der Waals surface area (Å²) in [6.07, 6.45) is 2.65. The lowest BCUT2D eigenvalue weighted by Crippen LogP contribution is -2.25. The molecule has 84 valence electrons. The molecule has 0 aliphatic heterocycles. The minimum absolute atomic E-state index is 0.192. The molecule has 1 amide bonds. The predicted octanol–water partition coefficient (Wildman–Crippen LogP) is 1.48. The average molecular weight is 211 g/mol. The summed E-state index contributed by atoms with van der Waals surface area (Å²) in [4.78, 5) is 11.5. The summed E-state index contributed by atoms with van der Waals surface area (Å²) in [6.45, 7) is 4.12. The van der Waals surface area contributed by atoms with Crippen LogP contribution in [0, 0.1) is 6.92 Å². The molecule has 1 rings (SSSR count). The Labute approximate surface area is 89.3 Å². The predicted molar refractivity (Wildman–Crippen MR) is 56.7 cm³/mol. The van der Waals surface area contributed by atoms with Crippen molar-refractivity contribution in [1.82, 2.24) is 5.32 Å². The fraction of sp³-hybridized carbons (Fsp3) is 0.545. The zero-order chi connectivity index (χ0) is 11.3. The Hall–Kier alpha value is -1.29. The zero-order valence-corrected chi connectivity index (χ0v) is 9.12. The van der Waals surface area contributed by atoms with Crippen LogP contribution in [0.15, 0.2) is 16.7 Å². The number of rotatable bonds is 5. The van der Waals surface area contributed by atoms with Crippen LogP contribution in [0.4, 0.5) is 0 Å². The molecular formula is C11H17NO3. The molecule has 1 aromatic heterocycles. The molecule has 1 heterocycles. The second-order valence-electron chi connectivity index (χ2n) is 3.68. The van der Waals surface area contributed by atoms with Gasteiger partial charge >= 0.3 is 0 Å². The van der Waals surface area contributed by atoms with Gasteiger partial charge in [-0.15, -0.1) is 0 Å². The fourth-order valence-corrected chi connectivity index (χ4v) is 1.29. The van der Waals surface area contributed by atoms with Gasteiger partial charge < -0.3 is 14.8 Å². The number of furan rings is 1. The van der Waals surface area contributed by atoms with Crippen molar-refractivity contribution >= 4 is 5.91 Å². The lowest BCUT2D eigenvalue weighted by molar-refractivity contribution is 0.0921. The van der Waals surface area contributed by atoms with E-state index in [1.165, 1.54) is 6.26 Å². The van der Waals surface area contributed by atoms with Gasteiger partial charge in [0.2, 0.25) is 0 Å². The Morgan fingerprint density at radius 2 is 2.40 bits per heavy atom. The number of carbonyl (C=O) groups excluding carboxylic acids is 1. The first-order valence-electron chi connectivity index (χ1n) is 5.11. The second-order valence-corrected chi connectivity index (χ2v) is 3.68. The quantitative estimate of drug-likeness (QED) is 0.725. The summed E-state index contributed by atoms with van der Waals surface area (Å²) in [7, 11) is 0. The Morgan fingerprint density at radius 1 is 1.67 bits per heavy atom. The van der Waals surface area contributed by atoms with E-state index in [-0.39, 0.29) is 12.0 Å². The number of aliphatic hydroxyl groups excluding tert-OH is 1.